The Kier molecular flexibility index (Phi) is 6.59. The summed E-state index contributed by atoms with van der Waals surface area (Å²) < 4.78 is 51.2. The molecule has 1 aromatic carbocycles. The zero-order chi connectivity index (χ0) is 21.5. The zero-order valence-electron chi connectivity index (χ0n) is 16.9. The number of fused-ring (bicyclic) bond motifs is 1. The first-order chi connectivity index (χ1) is 14.1. The SMILES string of the molecule is C.CC(C)c1cc2c(-c3ccc(S(=O)(=O)NC4CCS(=O)(=O)CC4)cc3)ccnc2[nH]1. The van der Waals surface area contributed by atoms with Crippen molar-refractivity contribution in [1.82, 2.24) is 14.7 Å². The highest BCUT2D eigenvalue weighted by Gasteiger charge is 2.27. The van der Waals surface area contributed by atoms with Crippen molar-refractivity contribution in [1.29, 1.82) is 0 Å². The quantitative estimate of drug-likeness (QED) is 0.597. The zero-order valence-corrected chi connectivity index (χ0v) is 18.6. The Balaban J connectivity index is 0.00000272. The highest BCUT2D eigenvalue weighted by atomic mass is 32.2. The Bertz CT molecular complexity index is 1260. The monoisotopic (exact) mass is 463 g/mol. The molecule has 0 saturated carbocycles. The number of H-pyrrole nitrogens is 1. The van der Waals surface area contributed by atoms with Crippen LogP contribution in [0.2, 0.25) is 0 Å². The molecule has 0 amide bonds. The van der Waals surface area contributed by atoms with Gasteiger partial charge in [0.2, 0.25) is 10.0 Å². The molecule has 0 radical (unpaired) electrons. The van der Waals surface area contributed by atoms with Crippen LogP contribution in [0.1, 0.15) is 45.7 Å². The average Bonchev–Trinajstić information content (AvgIpc) is 3.14. The molecule has 9 heteroatoms. The number of rotatable bonds is 5. The van der Waals surface area contributed by atoms with Gasteiger partial charge in [-0.3, -0.25) is 0 Å². The molecule has 1 aliphatic rings. The fraction of sp³-hybridized carbons (Fsp3) is 0.409. The number of aromatic nitrogens is 2. The van der Waals surface area contributed by atoms with Gasteiger partial charge in [0.1, 0.15) is 15.5 Å². The molecule has 0 bridgehead atoms. The van der Waals surface area contributed by atoms with Gasteiger partial charge in [-0.25, -0.2) is 26.5 Å². The van der Waals surface area contributed by atoms with E-state index in [0.717, 1.165) is 27.9 Å². The molecule has 3 heterocycles. The first kappa shape index (κ1) is 23.4. The fourth-order valence-corrected chi connectivity index (χ4v) is 6.52. The van der Waals surface area contributed by atoms with Crippen LogP contribution in [0.25, 0.3) is 22.2 Å². The molecule has 0 aliphatic carbocycles. The number of hydrogen-bond acceptors (Lipinski definition) is 5. The molecular formula is C22H29N3O4S2. The van der Waals surface area contributed by atoms with Crippen molar-refractivity contribution in [3.05, 3.63) is 48.3 Å². The highest BCUT2D eigenvalue weighted by Crippen LogP contribution is 2.30. The predicted molar refractivity (Wildman–Crippen MR) is 124 cm³/mol. The number of benzene rings is 1. The van der Waals surface area contributed by atoms with Crippen LogP contribution in [0.3, 0.4) is 0 Å². The lowest BCUT2D eigenvalue weighted by molar-refractivity contribution is 0.505. The van der Waals surface area contributed by atoms with Crippen molar-refractivity contribution in [2.24, 2.45) is 0 Å². The number of nitrogens with one attached hydrogen (secondary N) is 2. The summed E-state index contributed by atoms with van der Waals surface area (Å²) in [7, 11) is -6.75. The highest BCUT2D eigenvalue weighted by molar-refractivity contribution is 7.91. The van der Waals surface area contributed by atoms with Gasteiger partial charge in [-0.15, -0.1) is 0 Å². The number of sulfonamides is 1. The van der Waals surface area contributed by atoms with E-state index in [1.807, 2.05) is 6.07 Å². The predicted octanol–water partition coefficient (Wildman–Crippen LogP) is 3.84. The smallest absolute Gasteiger partial charge is 0.240 e. The van der Waals surface area contributed by atoms with Gasteiger partial charge in [0.15, 0.2) is 0 Å². The second kappa shape index (κ2) is 8.72. The maximum absolute atomic E-state index is 12.7. The lowest BCUT2D eigenvalue weighted by atomic mass is 10.0. The van der Waals surface area contributed by atoms with Gasteiger partial charge < -0.3 is 4.98 Å². The molecule has 0 spiro atoms. The standard InChI is InChI=1S/C21H25N3O4S2.CH4/c1-14(2)20-13-19-18(7-10-22-21(19)23-20)15-3-5-17(6-4-15)30(27,28)24-16-8-11-29(25,26)12-9-16;/h3-7,10,13-14,16,24H,8-9,11-12H2,1-2H3,(H,22,23);1H4. The van der Waals surface area contributed by atoms with Gasteiger partial charge in [-0.2, -0.15) is 0 Å². The summed E-state index contributed by atoms with van der Waals surface area (Å²) in [5, 5.41) is 0.998. The van der Waals surface area contributed by atoms with Crippen molar-refractivity contribution < 1.29 is 16.8 Å². The molecule has 1 fully saturated rings. The van der Waals surface area contributed by atoms with Crippen molar-refractivity contribution in [3.8, 4) is 11.1 Å². The molecule has 31 heavy (non-hydrogen) atoms. The van der Waals surface area contributed by atoms with Gasteiger partial charge in [0.05, 0.1) is 16.4 Å². The fourth-order valence-electron chi connectivity index (χ4n) is 3.72. The Morgan fingerprint density at radius 2 is 1.74 bits per heavy atom. The third-order valence-corrected chi connectivity index (χ3v) is 8.78. The Hall–Kier alpha value is -2.23. The molecule has 2 aromatic heterocycles. The van der Waals surface area contributed by atoms with Crippen molar-refractivity contribution >= 4 is 30.9 Å². The van der Waals surface area contributed by atoms with Crippen LogP contribution in [0, 0.1) is 0 Å². The van der Waals surface area contributed by atoms with E-state index in [2.05, 4.69) is 34.6 Å². The summed E-state index contributed by atoms with van der Waals surface area (Å²) in [6.45, 7) is 4.22. The van der Waals surface area contributed by atoms with Crippen LogP contribution in [-0.2, 0) is 19.9 Å². The van der Waals surface area contributed by atoms with E-state index in [0.29, 0.717) is 18.8 Å². The van der Waals surface area contributed by atoms with Crippen molar-refractivity contribution in [2.75, 3.05) is 11.5 Å². The first-order valence-electron chi connectivity index (χ1n) is 9.95. The number of hydrogen-bond donors (Lipinski definition) is 2. The Morgan fingerprint density at radius 1 is 1.10 bits per heavy atom. The molecule has 0 atom stereocenters. The molecule has 1 saturated heterocycles. The van der Waals surface area contributed by atoms with Crippen LogP contribution < -0.4 is 4.72 Å². The molecule has 1 aliphatic heterocycles. The van der Waals surface area contributed by atoms with Crippen LogP contribution in [0.5, 0.6) is 0 Å². The van der Waals surface area contributed by atoms with Crippen LogP contribution in [-0.4, -0.2) is 44.4 Å². The van der Waals surface area contributed by atoms with Crippen LogP contribution in [0.15, 0.2) is 47.5 Å². The molecule has 4 rings (SSSR count). The molecule has 7 nitrogen and oxygen atoms in total. The van der Waals surface area contributed by atoms with E-state index < -0.39 is 19.9 Å². The van der Waals surface area contributed by atoms with Gasteiger partial charge in [-0.1, -0.05) is 33.4 Å². The van der Waals surface area contributed by atoms with Gasteiger partial charge in [0, 0.05) is 23.3 Å². The van der Waals surface area contributed by atoms with Gasteiger partial charge >= 0.3 is 0 Å². The maximum Gasteiger partial charge on any atom is 0.240 e. The number of sulfone groups is 1. The van der Waals surface area contributed by atoms with Crippen LogP contribution >= 0.6 is 0 Å². The molecule has 3 aromatic rings. The summed E-state index contributed by atoms with van der Waals surface area (Å²) in [6, 6.07) is 10.4. The third-order valence-electron chi connectivity index (χ3n) is 5.53. The summed E-state index contributed by atoms with van der Waals surface area (Å²) in [6.07, 6.45) is 2.35. The van der Waals surface area contributed by atoms with E-state index in [1.54, 1.807) is 30.5 Å². The lowest BCUT2D eigenvalue weighted by Gasteiger charge is -2.22. The van der Waals surface area contributed by atoms with E-state index in [4.69, 9.17) is 0 Å². The van der Waals surface area contributed by atoms with E-state index in [-0.39, 0.29) is 29.9 Å². The van der Waals surface area contributed by atoms with E-state index >= 15 is 0 Å². The normalized spacial score (nSPS) is 17.0. The minimum Gasteiger partial charge on any atom is -0.343 e. The Labute approximate surface area is 184 Å². The number of nitrogens with zero attached hydrogens (tertiary/aromatic N) is 1. The Morgan fingerprint density at radius 3 is 2.35 bits per heavy atom. The summed E-state index contributed by atoms with van der Waals surface area (Å²) in [5.74, 6) is 0.388. The van der Waals surface area contributed by atoms with Crippen LogP contribution in [0.4, 0.5) is 0 Å². The average molecular weight is 464 g/mol. The van der Waals surface area contributed by atoms with Gasteiger partial charge in [0.25, 0.3) is 0 Å². The van der Waals surface area contributed by atoms with Crippen molar-refractivity contribution in [2.45, 2.75) is 51.0 Å². The summed E-state index contributed by atoms with van der Waals surface area (Å²) >= 11 is 0. The molecule has 2 N–H and O–H groups in total. The van der Waals surface area contributed by atoms with E-state index in [1.165, 1.54) is 0 Å². The second-order valence-corrected chi connectivity index (χ2v) is 12.1. The first-order valence-corrected chi connectivity index (χ1v) is 13.3. The third kappa shape index (κ3) is 4.99. The van der Waals surface area contributed by atoms with E-state index in [9.17, 15) is 16.8 Å². The summed E-state index contributed by atoms with van der Waals surface area (Å²) in [5.41, 5.74) is 3.79. The minimum absolute atomic E-state index is 0. The molecule has 168 valence electrons. The topological polar surface area (TPSA) is 109 Å². The lowest BCUT2D eigenvalue weighted by Crippen LogP contribution is -2.40. The van der Waals surface area contributed by atoms with Gasteiger partial charge in [-0.05, 0) is 54.2 Å². The maximum atomic E-state index is 12.7. The molecular weight excluding hydrogens is 434 g/mol. The summed E-state index contributed by atoms with van der Waals surface area (Å²) in [4.78, 5) is 7.90. The number of aromatic amines is 1. The largest absolute Gasteiger partial charge is 0.343 e. The minimum atomic E-state index is -3.71. The number of pyridine rings is 1. The second-order valence-electron chi connectivity index (χ2n) is 8.07. The molecule has 0 unspecified atom stereocenters. The van der Waals surface area contributed by atoms with Crippen molar-refractivity contribution in [3.63, 3.8) is 0 Å².